The van der Waals surface area contributed by atoms with E-state index in [0.717, 1.165) is 28.2 Å². The van der Waals surface area contributed by atoms with Gasteiger partial charge < -0.3 is 9.84 Å². The summed E-state index contributed by atoms with van der Waals surface area (Å²) in [6, 6.07) is 16.6. The Labute approximate surface area is 187 Å². The van der Waals surface area contributed by atoms with E-state index in [-0.39, 0.29) is 17.0 Å². The minimum Gasteiger partial charge on any atom is -0.497 e. The molecular formula is C24H19N3O4S. The molecule has 0 radical (unpaired) electrons. The molecule has 0 spiro atoms. The summed E-state index contributed by atoms with van der Waals surface area (Å²) in [6.07, 6.45) is 0.381. The molecule has 4 aromatic rings. The number of benzene rings is 2. The van der Waals surface area contributed by atoms with Crippen LogP contribution in [0.5, 0.6) is 5.75 Å². The average molecular weight is 446 g/mol. The van der Waals surface area contributed by atoms with Gasteiger partial charge in [0.05, 0.1) is 30.7 Å². The standard InChI is InChI=1S/C24H19N3O4S/c1-14-20-22(32-21(14)24(29)30)26-19(11-15-6-8-18(31-2)9-7-15)27(23(20)28)13-17-5-3-4-16(10-17)12-25/h3-10H,11,13H2,1-2H3,(H,29,30). The molecule has 0 bridgehead atoms. The number of nitriles is 1. The van der Waals surface area contributed by atoms with Gasteiger partial charge in [-0.25, -0.2) is 9.78 Å². The Morgan fingerprint density at radius 2 is 1.97 bits per heavy atom. The van der Waals surface area contributed by atoms with Gasteiger partial charge in [-0.05, 0) is 47.9 Å². The summed E-state index contributed by atoms with van der Waals surface area (Å²) < 4.78 is 6.77. The van der Waals surface area contributed by atoms with Gasteiger partial charge in [0.15, 0.2) is 0 Å². The van der Waals surface area contributed by atoms with E-state index in [9.17, 15) is 20.0 Å². The zero-order valence-corrected chi connectivity index (χ0v) is 18.3. The van der Waals surface area contributed by atoms with Gasteiger partial charge in [-0.15, -0.1) is 11.3 Å². The van der Waals surface area contributed by atoms with Crippen LogP contribution in [0.2, 0.25) is 0 Å². The zero-order valence-electron chi connectivity index (χ0n) is 17.5. The molecule has 0 saturated carbocycles. The lowest BCUT2D eigenvalue weighted by Crippen LogP contribution is -2.26. The minimum absolute atomic E-state index is 0.115. The summed E-state index contributed by atoms with van der Waals surface area (Å²) in [5.41, 5.74) is 2.35. The van der Waals surface area contributed by atoms with Gasteiger partial charge in [0.25, 0.3) is 5.56 Å². The maximum atomic E-state index is 13.5. The maximum Gasteiger partial charge on any atom is 0.346 e. The molecule has 2 aromatic heterocycles. The highest BCUT2D eigenvalue weighted by atomic mass is 32.1. The van der Waals surface area contributed by atoms with Gasteiger partial charge in [0.2, 0.25) is 0 Å². The van der Waals surface area contributed by atoms with Gasteiger partial charge in [0.1, 0.15) is 21.3 Å². The van der Waals surface area contributed by atoms with Crippen LogP contribution in [-0.2, 0) is 13.0 Å². The molecule has 1 N–H and O–H groups in total. The predicted molar refractivity (Wildman–Crippen MR) is 122 cm³/mol. The first kappa shape index (κ1) is 21.3. The van der Waals surface area contributed by atoms with Crippen molar-refractivity contribution in [2.75, 3.05) is 7.11 Å². The zero-order chi connectivity index (χ0) is 22.8. The molecule has 8 heteroatoms. The number of aromatic nitrogens is 2. The monoisotopic (exact) mass is 445 g/mol. The van der Waals surface area contributed by atoms with Crippen LogP contribution in [0.3, 0.4) is 0 Å². The predicted octanol–water partition coefficient (Wildman–Crippen LogP) is 3.98. The molecule has 0 aliphatic carbocycles. The maximum absolute atomic E-state index is 13.5. The van der Waals surface area contributed by atoms with E-state index in [0.29, 0.717) is 33.6 Å². The molecule has 4 rings (SSSR count). The number of thiophene rings is 1. The third kappa shape index (κ3) is 3.98. The highest BCUT2D eigenvalue weighted by Crippen LogP contribution is 2.28. The Morgan fingerprint density at radius 3 is 2.62 bits per heavy atom. The Balaban J connectivity index is 1.88. The molecule has 0 atom stereocenters. The lowest BCUT2D eigenvalue weighted by atomic mass is 10.1. The van der Waals surface area contributed by atoms with E-state index in [1.165, 1.54) is 0 Å². The van der Waals surface area contributed by atoms with Crippen molar-refractivity contribution in [2.45, 2.75) is 19.9 Å². The number of carbonyl (C=O) groups is 1. The highest BCUT2D eigenvalue weighted by Gasteiger charge is 2.21. The van der Waals surface area contributed by atoms with Crippen LogP contribution >= 0.6 is 11.3 Å². The van der Waals surface area contributed by atoms with Crippen LogP contribution in [0.1, 0.15) is 37.7 Å². The third-order valence-electron chi connectivity index (χ3n) is 5.24. The number of ether oxygens (including phenoxy) is 1. The number of fused-ring (bicyclic) bond motifs is 1. The van der Waals surface area contributed by atoms with Crippen molar-refractivity contribution in [1.29, 1.82) is 5.26 Å². The third-order valence-corrected chi connectivity index (χ3v) is 6.42. The van der Waals surface area contributed by atoms with Crippen LogP contribution in [0.4, 0.5) is 0 Å². The number of methoxy groups -OCH3 is 1. The van der Waals surface area contributed by atoms with E-state index in [4.69, 9.17) is 9.72 Å². The van der Waals surface area contributed by atoms with Crippen LogP contribution < -0.4 is 10.3 Å². The summed E-state index contributed by atoms with van der Waals surface area (Å²) in [5, 5.41) is 19.0. The van der Waals surface area contributed by atoms with Gasteiger partial charge in [0, 0.05) is 6.42 Å². The molecule has 0 unspecified atom stereocenters. The number of carboxylic acids is 1. The number of aryl methyl sites for hydroxylation is 1. The summed E-state index contributed by atoms with van der Waals surface area (Å²) in [4.78, 5) is 30.3. The van der Waals surface area contributed by atoms with Gasteiger partial charge in [-0.3, -0.25) is 9.36 Å². The number of rotatable bonds is 6. The Bertz CT molecular complexity index is 1430. The Kier molecular flexibility index (Phi) is 5.75. The summed E-state index contributed by atoms with van der Waals surface area (Å²) >= 11 is 1.01. The first-order valence-corrected chi connectivity index (χ1v) is 10.6. The topological polar surface area (TPSA) is 105 Å². The average Bonchev–Trinajstić information content (AvgIpc) is 3.13. The van der Waals surface area contributed by atoms with Crippen molar-refractivity contribution < 1.29 is 14.6 Å². The Morgan fingerprint density at radius 1 is 1.22 bits per heavy atom. The summed E-state index contributed by atoms with van der Waals surface area (Å²) in [7, 11) is 1.59. The van der Waals surface area contributed by atoms with Crippen LogP contribution in [0.25, 0.3) is 10.2 Å². The minimum atomic E-state index is -1.07. The molecule has 0 fully saturated rings. The van der Waals surface area contributed by atoms with Crippen molar-refractivity contribution in [2.24, 2.45) is 0 Å². The largest absolute Gasteiger partial charge is 0.497 e. The summed E-state index contributed by atoms with van der Waals surface area (Å²) in [6.45, 7) is 1.86. The number of carboxylic acid groups (broad SMARTS) is 1. The molecule has 32 heavy (non-hydrogen) atoms. The van der Waals surface area contributed by atoms with E-state index in [1.54, 1.807) is 36.8 Å². The van der Waals surface area contributed by atoms with Crippen molar-refractivity contribution in [1.82, 2.24) is 9.55 Å². The van der Waals surface area contributed by atoms with Crippen LogP contribution in [0.15, 0.2) is 53.3 Å². The normalized spacial score (nSPS) is 10.8. The lowest BCUT2D eigenvalue weighted by Gasteiger charge is -2.13. The quantitative estimate of drug-likeness (QED) is 0.481. The van der Waals surface area contributed by atoms with Crippen molar-refractivity contribution in [3.63, 3.8) is 0 Å². The molecule has 2 aromatic carbocycles. The second kappa shape index (κ2) is 8.65. The first-order chi connectivity index (χ1) is 15.4. The van der Waals surface area contributed by atoms with E-state index in [1.807, 2.05) is 30.3 Å². The molecule has 2 heterocycles. The van der Waals surface area contributed by atoms with Crippen molar-refractivity contribution >= 4 is 27.5 Å². The Hall–Kier alpha value is -3.96. The van der Waals surface area contributed by atoms with Crippen LogP contribution in [-0.4, -0.2) is 27.7 Å². The molecule has 7 nitrogen and oxygen atoms in total. The number of hydrogen-bond acceptors (Lipinski definition) is 6. The van der Waals surface area contributed by atoms with E-state index >= 15 is 0 Å². The van der Waals surface area contributed by atoms with Crippen molar-refractivity contribution in [3.8, 4) is 11.8 Å². The lowest BCUT2D eigenvalue weighted by molar-refractivity contribution is 0.0701. The van der Waals surface area contributed by atoms with Crippen LogP contribution in [0, 0.1) is 18.3 Å². The van der Waals surface area contributed by atoms with Gasteiger partial charge >= 0.3 is 5.97 Å². The number of aromatic carboxylic acids is 1. The fraction of sp³-hybridized carbons (Fsp3) is 0.167. The summed E-state index contributed by atoms with van der Waals surface area (Å²) in [5.74, 6) is 0.172. The highest BCUT2D eigenvalue weighted by molar-refractivity contribution is 7.20. The molecule has 0 saturated heterocycles. The second-order valence-electron chi connectivity index (χ2n) is 7.30. The number of nitrogens with zero attached hydrogens (tertiary/aromatic N) is 3. The fourth-order valence-corrected chi connectivity index (χ4v) is 4.64. The molecule has 160 valence electrons. The van der Waals surface area contributed by atoms with Gasteiger partial charge in [-0.2, -0.15) is 5.26 Å². The van der Waals surface area contributed by atoms with E-state index < -0.39 is 5.97 Å². The molecule has 0 aliphatic heterocycles. The van der Waals surface area contributed by atoms with Gasteiger partial charge in [-0.1, -0.05) is 24.3 Å². The van der Waals surface area contributed by atoms with E-state index in [2.05, 4.69) is 6.07 Å². The number of hydrogen-bond donors (Lipinski definition) is 1. The SMILES string of the molecule is COc1ccc(Cc2nc3sc(C(=O)O)c(C)c3c(=O)n2Cc2cccc(C#N)c2)cc1. The molecule has 0 aliphatic rings. The fourth-order valence-electron chi connectivity index (χ4n) is 3.61. The molecular weight excluding hydrogens is 426 g/mol. The smallest absolute Gasteiger partial charge is 0.346 e. The first-order valence-electron chi connectivity index (χ1n) is 9.79. The van der Waals surface area contributed by atoms with Crippen molar-refractivity contribution in [3.05, 3.63) is 91.8 Å². The molecule has 0 amide bonds. The second-order valence-corrected chi connectivity index (χ2v) is 8.30.